The average molecular weight is 306 g/mol. The molecule has 116 valence electrons. The van der Waals surface area contributed by atoms with Crippen LogP contribution in [0.25, 0.3) is 12.2 Å². The first-order valence-electron chi connectivity index (χ1n) is 7.41. The maximum absolute atomic E-state index is 11.6. The summed E-state index contributed by atoms with van der Waals surface area (Å²) in [5, 5.41) is 0. The van der Waals surface area contributed by atoms with Gasteiger partial charge in [-0.3, -0.25) is 9.59 Å². The van der Waals surface area contributed by atoms with Gasteiger partial charge in [0.15, 0.2) is 0 Å². The topological polar surface area (TPSA) is 43.4 Å². The molecule has 0 aliphatic heterocycles. The van der Waals surface area contributed by atoms with Crippen molar-refractivity contribution in [2.45, 2.75) is 12.8 Å². The molecule has 2 rings (SSSR count). The van der Waals surface area contributed by atoms with E-state index in [2.05, 4.69) is 0 Å². The number of carbonyl (C=O) groups is 2. The van der Waals surface area contributed by atoms with Crippen molar-refractivity contribution < 1.29 is 14.3 Å². The van der Waals surface area contributed by atoms with E-state index in [1.807, 2.05) is 72.8 Å². The Labute approximate surface area is 135 Å². The van der Waals surface area contributed by atoms with E-state index in [1.165, 1.54) is 0 Å². The Balaban J connectivity index is 1.71. The van der Waals surface area contributed by atoms with E-state index in [0.29, 0.717) is 0 Å². The Hall–Kier alpha value is -2.94. The molecule has 0 unspecified atom stereocenters. The third-order valence-corrected chi connectivity index (χ3v) is 3.02. The second-order valence-corrected chi connectivity index (χ2v) is 4.88. The molecule has 0 N–H and O–H groups in total. The summed E-state index contributed by atoms with van der Waals surface area (Å²) in [7, 11) is 0. The molecule has 0 heterocycles. The molecule has 0 aromatic heterocycles. The Bertz CT molecular complexity index is 624. The maximum Gasteiger partial charge on any atom is 0.317 e. The third kappa shape index (κ3) is 6.57. The highest BCUT2D eigenvalue weighted by Gasteiger charge is 2.06. The van der Waals surface area contributed by atoms with Gasteiger partial charge >= 0.3 is 11.9 Å². The van der Waals surface area contributed by atoms with Crippen LogP contribution in [-0.4, -0.2) is 11.9 Å². The Morgan fingerprint density at radius 1 is 0.696 bits per heavy atom. The zero-order valence-electron chi connectivity index (χ0n) is 12.7. The molecule has 2 aromatic rings. The van der Waals surface area contributed by atoms with Crippen LogP contribution in [0.4, 0.5) is 0 Å². The Kier molecular flexibility index (Phi) is 6.54. The number of esters is 2. The van der Waals surface area contributed by atoms with Crippen molar-refractivity contribution in [2.24, 2.45) is 0 Å². The van der Waals surface area contributed by atoms with Gasteiger partial charge < -0.3 is 4.74 Å². The van der Waals surface area contributed by atoms with Gasteiger partial charge in [0.2, 0.25) is 0 Å². The van der Waals surface area contributed by atoms with Crippen LogP contribution in [-0.2, 0) is 14.3 Å². The quantitative estimate of drug-likeness (QED) is 0.591. The summed E-state index contributed by atoms with van der Waals surface area (Å²) in [6.07, 6.45) is 7.16. The van der Waals surface area contributed by atoms with E-state index in [0.717, 1.165) is 11.1 Å². The van der Waals surface area contributed by atoms with Gasteiger partial charge in [-0.25, -0.2) is 0 Å². The molecule has 23 heavy (non-hydrogen) atoms. The fraction of sp³-hybridized carbons (Fsp3) is 0.100. The molecule has 0 saturated carbocycles. The van der Waals surface area contributed by atoms with E-state index < -0.39 is 11.9 Å². The number of rotatable bonds is 6. The summed E-state index contributed by atoms with van der Waals surface area (Å²) >= 11 is 0. The van der Waals surface area contributed by atoms with Gasteiger partial charge in [-0.1, -0.05) is 85.0 Å². The molecule has 0 radical (unpaired) electrons. The van der Waals surface area contributed by atoms with E-state index in [-0.39, 0.29) is 12.8 Å². The second-order valence-electron chi connectivity index (χ2n) is 4.88. The first-order chi connectivity index (χ1) is 11.2. The van der Waals surface area contributed by atoms with Crippen LogP contribution >= 0.6 is 0 Å². The van der Waals surface area contributed by atoms with Gasteiger partial charge in [-0.15, -0.1) is 0 Å². The van der Waals surface area contributed by atoms with Gasteiger partial charge in [0.25, 0.3) is 0 Å². The van der Waals surface area contributed by atoms with Crippen LogP contribution in [0.3, 0.4) is 0 Å². The normalized spacial score (nSPS) is 11.0. The number of hydrogen-bond acceptors (Lipinski definition) is 3. The van der Waals surface area contributed by atoms with Crippen molar-refractivity contribution >= 4 is 24.1 Å². The predicted molar refractivity (Wildman–Crippen MR) is 91.3 cm³/mol. The molecule has 3 heteroatoms. The lowest BCUT2D eigenvalue weighted by Gasteiger charge is -1.98. The van der Waals surface area contributed by atoms with Crippen molar-refractivity contribution in [3.05, 3.63) is 83.9 Å². The molecule has 0 amide bonds. The summed E-state index contributed by atoms with van der Waals surface area (Å²) in [6.45, 7) is 0. The van der Waals surface area contributed by atoms with Crippen molar-refractivity contribution in [3.63, 3.8) is 0 Å². The molecule has 0 spiro atoms. The lowest BCUT2D eigenvalue weighted by Crippen LogP contribution is -2.10. The predicted octanol–water partition coefficient (Wildman–Crippen LogP) is 4.26. The van der Waals surface area contributed by atoms with Crippen LogP contribution in [0.2, 0.25) is 0 Å². The fourth-order valence-electron chi connectivity index (χ4n) is 1.92. The van der Waals surface area contributed by atoms with Gasteiger partial charge in [0.05, 0.1) is 12.8 Å². The number of ether oxygens (including phenoxy) is 1. The molecule has 0 aliphatic rings. The van der Waals surface area contributed by atoms with Gasteiger partial charge in [0.1, 0.15) is 0 Å². The van der Waals surface area contributed by atoms with Crippen molar-refractivity contribution in [3.8, 4) is 0 Å². The van der Waals surface area contributed by atoms with E-state index in [1.54, 1.807) is 12.2 Å². The number of benzene rings is 2. The summed E-state index contributed by atoms with van der Waals surface area (Å²) in [6, 6.07) is 19.2. The highest BCUT2D eigenvalue weighted by molar-refractivity contribution is 5.87. The molecule has 0 bridgehead atoms. The smallest absolute Gasteiger partial charge is 0.317 e. The van der Waals surface area contributed by atoms with Crippen LogP contribution < -0.4 is 0 Å². The SMILES string of the molecule is O=C(C/C=C/c1ccccc1)OC(=O)C/C=C/c1ccccc1. The monoisotopic (exact) mass is 306 g/mol. The Morgan fingerprint density at radius 3 is 1.48 bits per heavy atom. The van der Waals surface area contributed by atoms with Gasteiger partial charge in [-0.2, -0.15) is 0 Å². The Morgan fingerprint density at radius 2 is 1.09 bits per heavy atom. The lowest BCUT2D eigenvalue weighted by molar-refractivity contribution is -0.158. The zero-order chi connectivity index (χ0) is 16.3. The molecule has 0 atom stereocenters. The summed E-state index contributed by atoms with van der Waals surface area (Å²) < 4.78 is 4.75. The molecule has 0 fully saturated rings. The third-order valence-electron chi connectivity index (χ3n) is 3.02. The van der Waals surface area contributed by atoms with Crippen molar-refractivity contribution in [1.82, 2.24) is 0 Å². The van der Waals surface area contributed by atoms with E-state index in [4.69, 9.17) is 4.74 Å². The van der Waals surface area contributed by atoms with E-state index in [9.17, 15) is 9.59 Å². The van der Waals surface area contributed by atoms with Crippen LogP contribution in [0.1, 0.15) is 24.0 Å². The van der Waals surface area contributed by atoms with Crippen LogP contribution in [0.15, 0.2) is 72.8 Å². The van der Waals surface area contributed by atoms with Crippen molar-refractivity contribution in [2.75, 3.05) is 0 Å². The molecular formula is C20H18O3. The second kappa shape index (κ2) is 9.15. The molecular weight excluding hydrogens is 288 g/mol. The standard InChI is InChI=1S/C20H18O3/c21-19(15-7-13-17-9-3-1-4-10-17)23-20(22)16-8-14-18-11-5-2-6-12-18/h1-14H,15-16H2/b13-7+,14-8+. The van der Waals surface area contributed by atoms with Gasteiger partial charge in [-0.05, 0) is 11.1 Å². The minimum atomic E-state index is -0.546. The molecule has 2 aromatic carbocycles. The largest absolute Gasteiger partial charge is 0.393 e. The zero-order valence-corrected chi connectivity index (χ0v) is 12.7. The fourth-order valence-corrected chi connectivity index (χ4v) is 1.92. The molecule has 3 nitrogen and oxygen atoms in total. The first-order valence-corrected chi connectivity index (χ1v) is 7.41. The minimum Gasteiger partial charge on any atom is -0.393 e. The minimum absolute atomic E-state index is 0.0725. The average Bonchev–Trinajstić information content (AvgIpc) is 2.57. The van der Waals surface area contributed by atoms with E-state index >= 15 is 0 Å². The summed E-state index contributed by atoms with van der Waals surface area (Å²) in [4.78, 5) is 23.1. The first kappa shape index (κ1) is 16.4. The van der Waals surface area contributed by atoms with Crippen molar-refractivity contribution in [1.29, 1.82) is 0 Å². The highest BCUT2D eigenvalue weighted by atomic mass is 16.6. The van der Waals surface area contributed by atoms with Gasteiger partial charge in [0, 0.05) is 0 Å². The summed E-state index contributed by atoms with van der Waals surface area (Å²) in [5.41, 5.74) is 2.00. The van der Waals surface area contributed by atoms with Crippen LogP contribution in [0, 0.1) is 0 Å². The highest BCUT2D eigenvalue weighted by Crippen LogP contribution is 2.04. The summed E-state index contributed by atoms with van der Waals surface area (Å²) in [5.74, 6) is -1.09. The van der Waals surface area contributed by atoms with Crippen LogP contribution in [0.5, 0.6) is 0 Å². The molecule has 0 aliphatic carbocycles. The molecule has 0 saturated heterocycles. The maximum atomic E-state index is 11.6. The number of hydrogen-bond donors (Lipinski definition) is 0. The lowest BCUT2D eigenvalue weighted by atomic mass is 10.2. The number of carbonyl (C=O) groups excluding carboxylic acids is 2.